The molecule has 1 amide bonds. The van der Waals surface area contributed by atoms with E-state index in [9.17, 15) is 23.3 Å². The number of nitrogens with zero attached hydrogens (tertiary/aromatic N) is 1. The molecule has 0 radical (unpaired) electrons. The van der Waals surface area contributed by atoms with Crippen molar-refractivity contribution in [3.8, 4) is 0 Å². The molecule has 10 heteroatoms. The Morgan fingerprint density at radius 3 is 2.25 bits per heavy atom. The summed E-state index contributed by atoms with van der Waals surface area (Å²) >= 11 is 11.6. The lowest BCUT2D eigenvalue weighted by Crippen LogP contribution is -2.47. The highest BCUT2D eigenvalue weighted by molar-refractivity contribution is 7.93. The third-order valence-electron chi connectivity index (χ3n) is 4.86. The van der Waals surface area contributed by atoms with Crippen LogP contribution in [0.25, 0.3) is 0 Å². The first-order valence-corrected chi connectivity index (χ1v) is 10.7. The summed E-state index contributed by atoms with van der Waals surface area (Å²) in [5.74, 6) is -0.712. The Kier molecular flexibility index (Phi) is 5.65. The molecule has 0 spiro atoms. The first-order valence-electron chi connectivity index (χ1n) is 8.43. The number of nitro groups is 1. The van der Waals surface area contributed by atoms with Crippen molar-refractivity contribution in [2.75, 3.05) is 5.32 Å². The molecule has 0 aromatic heterocycles. The zero-order chi connectivity index (χ0) is 20.5. The number of carbonyl (C=O) groups excluding carboxylic acids is 1. The summed E-state index contributed by atoms with van der Waals surface area (Å²) in [5, 5.41) is 13.9. The van der Waals surface area contributed by atoms with Crippen LogP contribution in [-0.2, 0) is 14.6 Å². The lowest BCUT2D eigenvalue weighted by atomic mass is 10.1. The number of nitrogens with one attached hydrogen (secondary N) is 1. The van der Waals surface area contributed by atoms with Crippen molar-refractivity contribution in [3.05, 3.63) is 62.6 Å². The Bertz CT molecular complexity index is 1030. The minimum Gasteiger partial charge on any atom is -0.324 e. The van der Waals surface area contributed by atoms with Gasteiger partial charge in [0.1, 0.15) is 5.02 Å². The van der Waals surface area contributed by atoms with Crippen molar-refractivity contribution in [1.29, 1.82) is 0 Å². The molecule has 0 atom stereocenters. The molecule has 1 aliphatic rings. The molecule has 2 aromatic carbocycles. The lowest BCUT2D eigenvalue weighted by Gasteiger charge is -2.27. The SMILES string of the molecule is O=C(Nc1ccc(Cl)c([N+](=O)[O-])c1)C1(S(=O)(=O)c2ccc(Cl)cc2)CCCC1. The first kappa shape index (κ1) is 20.6. The van der Waals surface area contributed by atoms with Crippen molar-refractivity contribution >= 4 is 50.3 Å². The highest BCUT2D eigenvalue weighted by atomic mass is 35.5. The Balaban J connectivity index is 1.98. The van der Waals surface area contributed by atoms with Crippen molar-refractivity contribution in [2.24, 2.45) is 0 Å². The third kappa shape index (κ3) is 3.59. The average molecular weight is 443 g/mol. The summed E-state index contributed by atoms with van der Waals surface area (Å²) in [6.07, 6.45) is 1.50. The molecule has 0 saturated heterocycles. The van der Waals surface area contributed by atoms with Gasteiger partial charge in [-0.2, -0.15) is 0 Å². The van der Waals surface area contributed by atoms with E-state index in [-0.39, 0.29) is 34.1 Å². The van der Waals surface area contributed by atoms with Crippen molar-refractivity contribution < 1.29 is 18.1 Å². The molecule has 0 bridgehead atoms. The van der Waals surface area contributed by atoms with Gasteiger partial charge in [0.25, 0.3) is 5.69 Å². The van der Waals surface area contributed by atoms with Crippen LogP contribution in [0.4, 0.5) is 11.4 Å². The van der Waals surface area contributed by atoms with Gasteiger partial charge in [0.2, 0.25) is 5.91 Å². The second-order valence-electron chi connectivity index (χ2n) is 6.54. The molecule has 1 saturated carbocycles. The summed E-state index contributed by atoms with van der Waals surface area (Å²) in [6, 6.07) is 9.44. The lowest BCUT2D eigenvalue weighted by molar-refractivity contribution is -0.384. The molecular weight excluding hydrogens is 427 g/mol. The molecule has 0 heterocycles. The molecule has 0 aliphatic heterocycles. The van der Waals surface area contributed by atoms with Gasteiger partial charge in [-0.1, -0.05) is 36.0 Å². The zero-order valence-electron chi connectivity index (χ0n) is 14.5. The van der Waals surface area contributed by atoms with Gasteiger partial charge in [-0.3, -0.25) is 14.9 Å². The van der Waals surface area contributed by atoms with Crippen LogP contribution >= 0.6 is 23.2 Å². The summed E-state index contributed by atoms with van der Waals surface area (Å²) in [7, 11) is -4.00. The number of halogens is 2. The topological polar surface area (TPSA) is 106 Å². The quantitative estimate of drug-likeness (QED) is 0.536. The minimum atomic E-state index is -4.00. The molecule has 148 valence electrons. The van der Waals surface area contributed by atoms with Crippen LogP contribution in [0, 0.1) is 10.1 Å². The number of rotatable bonds is 5. The van der Waals surface area contributed by atoms with E-state index in [1.54, 1.807) is 0 Å². The molecule has 2 aromatic rings. The van der Waals surface area contributed by atoms with Crippen molar-refractivity contribution in [1.82, 2.24) is 0 Å². The smallest absolute Gasteiger partial charge is 0.289 e. The van der Waals surface area contributed by atoms with E-state index in [0.717, 1.165) is 6.07 Å². The highest BCUT2D eigenvalue weighted by Gasteiger charge is 2.53. The molecular formula is C18H16Cl2N2O5S. The van der Waals surface area contributed by atoms with Crippen LogP contribution in [0.2, 0.25) is 10.0 Å². The highest BCUT2D eigenvalue weighted by Crippen LogP contribution is 2.42. The van der Waals surface area contributed by atoms with E-state index < -0.39 is 25.4 Å². The van der Waals surface area contributed by atoms with Crippen LogP contribution in [0.1, 0.15) is 25.7 Å². The normalized spacial score (nSPS) is 15.9. The van der Waals surface area contributed by atoms with E-state index in [0.29, 0.717) is 17.9 Å². The minimum absolute atomic E-state index is 0.0102. The fraction of sp³-hybridized carbons (Fsp3) is 0.278. The molecule has 3 rings (SSSR count). The van der Waals surface area contributed by atoms with Crippen LogP contribution in [0.15, 0.2) is 47.4 Å². The van der Waals surface area contributed by atoms with E-state index in [4.69, 9.17) is 23.2 Å². The predicted octanol–water partition coefficient (Wildman–Crippen LogP) is 4.63. The molecule has 1 fully saturated rings. The fourth-order valence-electron chi connectivity index (χ4n) is 3.38. The number of carbonyl (C=O) groups is 1. The second-order valence-corrected chi connectivity index (χ2v) is 9.64. The predicted molar refractivity (Wildman–Crippen MR) is 107 cm³/mol. The van der Waals surface area contributed by atoms with Crippen LogP contribution < -0.4 is 5.32 Å². The summed E-state index contributed by atoms with van der Waals surface area (Å²) in [6.45, 7) is 0. The van der Waals surface area contributed by atoms with Crippen LogP contribution in [0.3, 0.4) is 0 Å². The molecule has 0 unspecified atom stereocenters. The molecule has 1 N–H and O–H groups in total. The Labute approximate surface area is 171 Å². The number of hydrogen-bond acceptors (Lipinski definition) is 5. The maximum Gasteiger partial charge on any atom is 0.289 e. The zero-order valence-corrected chi connectivity index (χ0v) is 16.9. The van der Waals surface area contributed by atoms with Gasteiger partial charge < -0.3 is 5.32 Å². The number of hydrogen-bond donors (Lipinski definition) is 1. The van der Waals surface area contributed by atoms with Crippen molar-refractivity contribution in [2.45, 2.75) is 35.3 Å². The number of benzene rings is 2. The fourth-order valence-corrected chi connectivity index (χ4v) is 5.76. The average Bonchev–Trinajstić information content (AvgIpc) is 3.15. The maximum absolute atomic E-state index is 13.3. The number of nitro benzene ring substituents is 1. The van der Waals surface area contributed by atoms with E-state index in [2.05, 4.69) is 5.32 Å². The molecule has 1 aliphatic carbocycles. The van der Waals surface area contributed by atoms with Crippen LogP contribution in [-0.4, -0.2) is 24.0 Å². The van der Waals surface area contributed by atoms with Gasteiger partial charge in [0.15, 0.2) is 14.6 Å². The summed E-state index contributed by atoms with van der Waals surface area (Å²) in [4.78, 5) is 23.5. The third-order valence-corrected chi connectivity index (χ3v) is 7.95. The second kappa shape index (κ2) is 7.69. The van der Waals surface area contributed by atoms with Gasteiger partial charge in [0.05, 0.1) is 9.82 Å². The number of anilines is 1. The standard InChI is InChI=1S/C18H16Cl2N2O5S/c19-12-3-6-14(7-4-12)28(26,27)18(9-1-2-10-18)17(23)21-13-5-8-15(20)16(11-13)22(24)25/h3-8,11H,1-2,9-10H2,(H,21,23). The monoisotopic (exact) mass is 442 g/mol. The Hall–Kier alpha value is -2.16. The number of amides is 1. The maximum atomic E-state index is 13.3. The summed E-state index contributed by atoms with van der Waals surface area (Å²) < 4.78 is 24.9. The Morgan fingerprint density at radius 2 is 1.68 bits per heavy atom. The van der Waals surface area contributed by atoms with Crippen LogP contribution in [0.5, 0.6) is 0 Å². The Morgan fingerprint density at radius 1 is 1.07 bits per heavy atom. The van der Waals surface area contributed by atoms with E-state index in [1.165, 1.54) is 36.4 Å². The van der Waals surface area contributed by atoms with Gasteiger partial charge >= 0.3 is 0 Å². The van der Waals surface area contributed by atoms with E-state index in [1.807, 2.05) is 0 Å². The number of sulfone groups is 1. The summed E-state index contributed by atoms with van der Waals surface area (Å²) in [5.41, 5.74) is -0.265. The van der Waals surface area contributed by atoms with E-state index >= 15 is 0 Å². The van der Waals surface area contributed by atoms with Gasteiger partial charge in [-0.05, 0) is 49.2 Å². The van der Waals surface area contributed by atoms with Gasteiger partial charge in [-0.25, -0.2) is 8.42 Å². The largest absolute Gasteiger partial charge is 0.324 e. The van der Waals surface area contributed by atoms with Gasteiger partial charge in [0, 0.05) is 16.8 Å². The molecule has 7 nitrogen and oxygen atoms in total. The van der Waals surface area contributed by atoms with Gasteiger partial charge in [-0.15, -0.1) is 0 Å². The molecule has 28 heavy (non-hydrogen) atoms. The van der Waals surface area contributed by atoms with Crippen molar-refractivity contribution in [3.63, 3.8) is 0 Å². The first-order chi connectivity index (χ1) is 13.2.